The lowest BCUT2D eigenvalue weighted by Crippen LogP contribution is -2.50. The van der Waals surface area contributed by atoms with E-state index in [0.717, 1.165) is 23.3 Å². The SMILES string of the molecule is CCn1nc(C)c2c1cnn2CCC(=O)Nc1ccc2c(c1)OC(C)(C)C(=O)N2C. The maximum Gasteiger partial charge on any atom is 0.270 e. The van der Waals surface area contributed by atoms with Crippen LogP contribution in [0.4, 0.5) is 11.4 Å². The van der Waals surface area contributed by atoms with Crippen LogP contribution in [0.5, 0.6) is 5.75 Å². The highest BCUT2D eigenvalue weighted by Gasteiger charge is 2.39. The lowest BCUT2D eigenvalue weighted by molar-refractivity contribution is -0.132. The number of aryl methyl sites for hydroxylation is 3. The molecule has 1 aliphatic heterocycles. The Balaban J connectivity index is 1.45. The molecule has 9 heteroatoms. The van der Waals surface area contributed by atoms with E-state index in [4.69, 9.17) is 4.74 Å². The zero-order valence-electron chi connectivity index (χ0n) is 17.9. The Bertz CT molecular complexity index is 1140. The van der Waals surface area contributed by atoms with Crippen molar-refractivity contribution in [2.45, 2.75) is 52.8 Å². The van der Waals surface area contributed by atoms with Crippen molar-refractivity contribution in [3.63, 3.8) is 0 Å². The average molecular weight is 410 g/mol. The van der Waals surface area contributed by atoms with Gasteiger partial charge in [0.1, 0.15) is 16.8 Å². The lowest BCUT2D eigenvalue weighted by atomic mass is 10.0. The molecule has 0 bridgehead atoms. The number of amides is 2. The van der Waals surface area contributed by atoms with Crippen molar-refractivity contribution in [2.24, 2.45) is 0 Å². The topological polar surface area (TPSA) is 94.3 Å². The van der Waals surface area contributed by atoms with E-state index in [-0.39, 0.29) is 18.2 Å². The number of ether oxygens (including phenoxy) is 1. The van der Waals surface area contributed by atoms with Gasteiger partial charge in [-0.1, -0.05) is 0 Å². The number of hydrogen-bond acceptors (Lipinski definition) is 5. The van der Waals surface area contributed by atoms with Crippen LogP contribution in [0.15, 0.2) is 24.4 Å². The summed E-state index contributed by atoms with van der Waals surface area (Å²) in [4.78, 5) is 26.4. The molecule has 30 heavy (non-hydrogen) atoms. The first-order chi connectivity index (χ1) is 14.2. The van der Waals surface area contributed by atoms with Gasteiger partial charge >= 0.3 is 0 Å². The van der Waals surface area contributed by atoms with E-state index in [2.05, 4.69) is 15.5 Å². The molecule has 0 saturated carbocycles. The van der Waals surface area contributed by atoms with Gasteiger partial charge in [0.05, 0.1) is 24.1 Å². The molecule has 0 aliphatic carbocycles. The predicted molar refractivity (Wildman–Crippen MR) is 114 cm³/mol. The van der Waals surface area contributed by atoms with E-state index in [9.17, 15) is 9.59 Å². The summed E-state index contributed by atoms with van der Waals surface area (Å²) in [5.74, 6) is 0.328. The van der Waals surface area contributed by atoms with Gasteiger partial charge in [-0.2, -0.15) is 10.2 Å². The molecule has 0 unspecified atom stereocenters. The Hall–Kier alpha value is -3.36. The summed E-state index contributed by atoms with van der Waals surface area (Å²) in [6.45, 7) is 8.67. The van der Waals surface area contributed by atoms with Crippen molar-refractivity contribution < 1.29 is 14.3 Å². The minimum absolute atomic E-state index is 0.112. The van der Waals surface area contributed by atoms with Crippen molar-refractivity contribution in [2.75, 3.05) is 17.3 Å². The summed E-state index contributed by atoms with van der Waals surface area (Å²) < 4.78 is 9.58. The average Bonchev–Trinajstić information content (AvgIpc) is 3.25. The summed E-state index contributed by atoms with van der Waals surface area (Å²) in [6, 6.07) is 5.29. The van der Waals surface area contributed by atoms with Crippen LogP contribution in [-0.2, 0) is 22.7 Å². The Labute approximate surface area is 174 Å². The number of hydrogen-bond donors (Lipinski definition) is 1. The molecule has 3 aromatic rings. The molecule has 0 radical (unpaired) electrons. The number of likely N-dealkylation sites (N-methyl/N-ethyl adjacent to an activating group) is 1. The van der Waals surface area contributed by atoms with Gasteiger partial charge in [0, 0.05) is 31.8 Å². The van der Waals surface area contributed by atoms with Crippen LogP contribution in [-0.4, -0.2) is 44.0 Å². The first-order valence-corrected chi connectivity index (χ1v) is 10.0. The van der Waals surface area contributed by atoms with E-state index in [1.54, 1.807) is 50.2 Å². The molecule has 0 atom stereocenters. The summed E-state index contributed by atoms with van der Waals surface area (Å²) in [6.07, 6.45) is 2.06. The van der Waals surface area contributed by atoms with Gasteiger partial charge in [-0.3, -0.25) is 19.0 Å². The van der Waals surface area contributed by atoms with Crippen LogP contribution < -0.4 is 15.0 Å². The maximum atomic E-state index is 12.5. The molecular weight excluding hydrogens is 384 g/mol. The number of anilines is 2. The third-order valence-corrected chi connectivity index (χ3v) is 5.35. The Kier molecular flexibility index (Phi) is 4.76. The van der Waals surface area contributed by atoms with Crippen molar-refractivity contribution >= 4 is 34.2 Å². The van der Waals surface area contributed by atoms with Crippen molar-refractivity contribution in [3.05, 3.63) is 30.1 Å². The van der Waals surface area contributed by atoms with Crippen molar-refractivity contribution in [1.29, 1.82) is 0 Å². The second-order valence-corrected chi connectivity index (χ2v) is 7.96. The van der Waals surface area contributed by atoms with Crippen LogP contribution in [0.3, 0.4) is 0 Å². The largest absolute Gasteiger partial charge is 0.476 e. The van der Waals surface area contributed by atoms with Crippen molar-refractivity contribution in [1.82, 2.24) is 19.6 Å². The fraction of sp³-hybridized carbons (Fsp3) is 0.429. The number of nitrogens with one attached hydrogen (secondary N) is 1. The predicted octanol–water partition coefficient (Wildman–Crippen LogP) is 2.72. The van der Waals surface area contributed by atoms with E-state index in [1.807, 2.05) is 23.2 Å². The number of nitrogens with zero attached hydrogens (tertiary/aromatic N) is 5. The van der Waals surface area contributed by atoms with E-state index < -0.39 is 5.60 Å². The maximum absolute atomic E-state index is 12.5. The lowest BCUT2D eigenvalue weighted by Gasteiger charge is -2.37. The molecule has 1 aliphatic rings. The van der Waals surface area contributed by atoms with E-state index in [1.165, 1.54) is 0 Å². The number of carbonyl (C=O) groups excluding carboxylic acids is 2. The second kappa shape index (κ2) is 7.16. The monoisotopic (exact) mass is 410 g/mol. The van der Waals surface area contributed by atoms with Gasteiger partial charge in [0.25, 0.3) is 5.91 Å². The summed E-state index contributed by atoms with van der Waals surface area (Å²) in [5.41, 5.74) is 3.19. The van der Waals surface area contributed by atoms with Crippen LogP contribution in [0.2, 0.25) is 0 Å². The van der Waals surface area contributed by atoms with Crippen LogP contribution in [0, 0.1) is 6.92 Å². The number of fused-ring (bicyclic) bond motifs is 2. The third-order valence-electron chi connectivity index (χ3n) is 5.35. The fourth-order valence-electron chi connectivity index (χ4n) is 3.84. The molecule has 4 rings (SSSR count). The summed E-state index contributed by atoms with van der Waals surface area (Å²) in [5, 5.41) is 11.8. The highest BCUT2D eigenvalue weighted by Crippen LogP contribution is 2.38. The van der Waals surface area contributed by atoms with Gasteiger partial charge in [-0.05, 0) is 39.8 Å². The second-order valence-electron chi connectivity index (χ2n) is 7.96. The highest BCUT2D eigenvalue weighted by atomic mass is 16.5. The Morgan fingerprint density at radius 3 is 2.77 bits per heavy atom. The van der Waals surface area contributed by atoms with Gasteiger partial charge < -0.3 is 15.0 Å². The highest BCUT2D eigenvalue weighted by molar-refractivity contribution is 6.02. The summed E-state index contributed by atoms with van der Waals surface area (Å²) in [7, 11) is 1.72. The zero-order valence-corrected chi connectivity index (χ0v) is 17.9. The number of benzene rings is 1. The quantitative estimate of drug-likeness (QED) is 0.698. The van der Waals surface area contributed by atoms with E-state index in [0.29, 0.717) is 23.7 Å². The van der Waals surface area contributed by atoms with Gasteiger partial charge in [-0.15, -0.1) is 0 Å². The molecule has 9 nitrogen and oxygen atoms in total. The normalized spacial score (nSPS) is 15.2. The Morgan fingerprint density at radius 2 is 2.03 bits per heavy atom. The smallest absolute Gasteiger partial charge is 0.270 e. The molecule has 0 spiro atoms. The number of carbonyl (C=O) groups is 2. The van der Waals surface area contributed by atoms with Gasteiger partial charge in [-0.25, -0.2) is 0 Å². The number of aromatic nitrogens is 4. The Morgan fingerprint density at radius 1 is 1.27 bits per heavy atom. The minimum atomic E-state index is -0.948. The molecule has 0 saturated heterocycles. The summed E-state index contributed by atoms with van der Waals surface area (Å²) >= 11 is 0. The van der Waals surface area contributed by atoms with E-state index >= 15 is 0 Å². The molecule has 2 amide bonds. The van der Waals surface area contributed by atoms with Crippen LogP contribution >= 0.6 is 0 Å². The van der Waals surface area contributed by atoms with Gasteiger partial charge in [0.15, 0.2) is 5.60 Å². The van der Waals surface area contributed by atoms with Gasteiger partial charge in [0.2, 0.25) is 5.91 Å². The molecule has 1 N–H and O–H groups in total. The first-order valence-electron chi connectivity index (χ1n) is 10.0. The van der Waals surface area contributed by atoms with Crippen molar-refractivity contribution in [3.8, 4) is 5.75 Å². The number of rotatable bonds is 5. The molecule has 1 aromatic carbocycles. The molecule has 158 valence electrons. The van der Waals surface area contributed by atoms with Crippen LogP contribution in [0.1, 0.15) is 32.9 Å². The molecule has 3 heterocycles. The molecular formula is C21H26N6O3. The van der Waals surface area contributed by atoms with Crippen LogP contribution in [0.25, 0.3) is 11.0 Å². The minimum Gasteiger partial charge on any atom is -0.476 e. The fourth-order valence-corrected chi connectivity index (χ4v) is 3.84. The zero-order chi connectivity index (χ0) is 21.6. The molecule has 0 fully saturated rings. The third kappa shape index (κ3) is 3.30. The first kappa shape index (κ1) is 19.9. The molecule has 2 aromatic heterocycles. The standard InChI is InChI=1S/C21H26N6O3/c1-6-26-16-12-22-27(19(16)13(2)24-26)10-9-18(28)23-14-7-8-15-17(11-14)30-21(3,4)20(29)25(15)5/h7-8,11-12H,6,9-10H2,1-5H3,(H,23,28).